The standard InChI is InChI=1S/C14H16FN3OS/c1-8-6-18-14(20-8)9(2)17-7-11-4-3-10(13(16)19)5-12(11)15/h3-6,9,17H,7H2,1-2H3,(H2,16,19). The Hall–Kier alpha value is -1.79. The molecule has 0 radical (unpaired) electrons. The van der Waals surface area contributed by atoms with Gasteiger partial charge in [0.05, 0.1) is 6.04 Å². The van der Waals surface area contributed by atoms with Gasteiger partial charge in [0.25, 0.3) is 0 Å². The maximum Gasteiger partial charge on any atom is 0.248 e. The van der Waals surface area contributed by atoms with Crippen molar-refractivity contribution in [1.29, 1.82) is 0 Å². The zero-order chi connectivity index (χ0) is 14.7. The summed E-state index contributed by atoms with van der Waals surface area (Å²) in [6.07, 6.45) is 1.82. The molecule has 4 nitrogen and oxygen atoms in total. The normalized spacial score (nSPS) is 12.3. The van der Waals surface area contributed by atoms with E-state index in [2.05, 4.69) is 10.3 Å². The Kier molecular flexibility index (Phi) is 4.46. The minimum absolute atomic E-state index is 0.0453. The van der Waals surface area contributed by atoms with Crippen LogP contribution in [0.1, 0.15) is 38.8 Å². The van der Waals surface area contributed by atoms with Crippen LogP contribution in [0.15, 0.2) is 24.4 Å². The molecule has 1 aromatic carbocycles. The van der Waals surface area contributed by atoms with Crippen molar-refractivity contribution in [3.63, 3.8) is 0 Å². The summed E-state index contributed by atoms with van der Waals surface area (Å²) in [5.41, 5.74) is 5.78. The third kappa shape index (κ3) is 3.40. The van der Waals surface area contributed by atoms with E-state index in [1.807, 2.05) is 20.0 Å². The van der Waals surface area contributed by atoms with Gasteiger partial charge in [0.2, 0.25) is 5.91 Å². The Labute approximate surface area is 120 Å². The van der Waals surface area contributed by atoms with Gasteiger partial charge in [-0.05, 0) is 26.0 Å². The Morgan fingerprint density at radius 2 is 2.30 bits per heavy atom. The van der Waals surface area contributed by atoms with Crippen molar-refractivity contribution < 1.29 is 9.18 Å². The fourth-order valence-electron chi connectivity index (χ4n) is 1.77. The van der Waals surface area contributed by atoms with E-state index in [-0.39, 0.29) is 11.6 Å². The highest BCUT2D eigenvalue weighted by atomic mass is 32.1. The Balaban J connectivity index is 2.02. The van der Waals surface area contributed by atoms with Crippen LogP contribution >= 0.6 is 11.3 Å². The molecule has 6 heteroatoms. The first-order chi connectivity index (χ1) is 9.47. The second kappa shape index (κ2) is 6.11. The molecule has 0 bridgehead atoms. The first kappa shape index (κ1) is 14.6. The summed E-state index contributed by atoms with van der Waals surface area (Å²) in [5, 5.41) is 4.18. The Bertz CT molecular complexity index is 627. The van der Waals surface area contributed by atoms with Gasteiger partial charge < -0.3 is 11.1 Å². The highest BCUT2D eigenvalue weighted by Crippen LogP contribution is 2.19. The summed E-state index contributed by atoms with van der Waals surface area (Å²) in [4.78, 5) is 16.4. The van der Waals surface area contributed by atoms with Crippen molar-refractivity contribution in [2.75, 3.05) is 0 Å². The third-order valence-corrected chi connectivity index (χ3v) is 4.04. The number of carbonyl (C=O) groups is 1. The van der Waals surface area contributed by atoms with Crippen molar-refractivity contribution in [3.8, 4) is 0 Å². The van der Waals surface area contributed by atoms with Crippen LogP contribution < -0.4 is 11.1 Å². The van der Waals surface area contributed by atoms with Gasteiger partial charge in [-0.25, -0.2) is 9.37 Å². The number of nitrogens with two attached hydrogens (primary N) is 1. The van der Waals surface area contributed by atoms with Crippen LogP contribution in [0.3, 0.4) is 0 Å². The van der Waals surface area contributed by atoms with Crippen molar-refractivity contribution in [2.45, 2.75) is 26.4 Å². The summed E-state index contributed by atoms with van der Waals surface area (Å²) in [7, 11) is 0. The van der Waals surface area contributed by atoms with Gasteiger partial charge >= 0.3 is 0 Å². The molecule has 0 aliphatic heterocycles. The topological polar surface area (TPSA) is 68.0 Å². The molecule has 0 spiro atoms. The lowest BCUT2D eigenvalue weighted by Crippen LogP contribution is -2.19. The SMILES string of the molecule is Cc1cnc(C(C)NCc2ccc(C(N)=O)cc2F)s1. The summed E-state index contributed by atoms with van der Waals surface area (Å²) >= 11 is 1.61. The molecule has 106 valence electrons. The van der Waals surface area contributed by atoms with E-state index >= 15 is 0 Å². The molecule has 0 fully saturated rings. The molecule has 0 saturated heterocycles. The number of aromatic nitrogens is 1. The van der Waals surface area contributed by atoms with Gasteiger partial charge in [-0.2, -0.15) is 0 Å². The lowest BCUT2D eigenvalue weighted by molar-refractivity contribution is 0.1000. The second-order valence-electron chi connectivity index (χ2n) is 4.58. The molecule has 0 aliphatic carbocycles. The number of hydrogen-bond donors (Lipinski definition) is 2. The Morgan fingerprint density at radius 1 is 1.55 bits per heavy atom. The number of rotatable bonds is 5. The summed E-state index contributed by atoms with van der Waals surface area (Å²) in [6, 6.07) is 4.31. The fourth-order valence-corrected chi connectivity index (χ4v) is 2.57. The van der Waals surface area contributed by atoms with E-state index in [1.54, 1.807) is 17.4 Å². The molecule has 2 aromatic rings. The number of nitrogens with one attached hydrogen (secondary N) is 1. The maximum atomic E-state index is 13.8. The maximum absolute atomic E-state index is 13.8. The number of thiazole rings is 1. The average Bonchev–Trinajstić information content (AvgIpc) is 2.83. The zero-order valence-electron chi connectivity index (χ0n) is 11.3. The highest BCUT2D eigenvalue weighted by molar-refractivity contribution is 7.11. The van der Waals surface area contributed by atoms with Crippen LogP contribution in [0, 0.1) is 12.7 Å². The molecule has 1 amide bonds. The summed E-state index contributed by atoms with van der Waals surface area (Å²) < 4.78 is 13.8. The van der Waals surface area contributed by atoms with Gasteiger partial charge in [-0.1, -0.05) is 6.07 Å². The molecule has 1 aromatic heterocycles. The van der Waals surface area contributed by atoms with Crippen LogP contribution in [0.4, 0.5) is 4.39 Å². The van der Waals surface area contributed by atoms with Crippen molar-refractivity contribution in [3.05, 3.63) is 51.2 Å². The van der Waals surface area contributed by atoms with E-state index < -0.39 is 11.7 Å². The van der Waals surface area contributed by atoms with Crippen molar-refractivity contribution in [2.24, 2.45) is 5.73 Å². The second-order valence-corrected chi connectivity index (χ2v) is 5.85. The van der Waals surface area contributed by atoms with E-state index in [9.17, 15) is 9.18 Å². The number of aryl methyl sites for hydroxylation is 1. The van der Waals surface area contributed by atoms with Gasteiger partial charge in [0.15, 0.2) is 0 Å². The quantitative estimate of drug-likeness (QED) is 0.890. The highest BCUT2D eigenvalue weighted by Gasteiger charge is 2.11. The summed E-state index contributed by atoms with van der Waals surface area (Å²) in [6.45, 7) is 4.34. The van der Waals surface area contributed by atoms with Gasteiger partial charge in [0, 0.05) is 28.7 Å². The first-order valence-corrected chi connectivity index (χ1v) is 7.03. The lowest BCUT2D eigenvalue weighted by Gasteiger charge is -2.12. The van der Waals surface area contributed by atoms with Crippen molar-refractivity contribution >= 4 is 17.2 Å². The molecular formula is C14H16FN3OS. The molecule has 1 atom stereocenters. The molecule has 20 heavy (non-hydrogen) atoms. The number of hydrogen-bond acceptors (Lipinski definition) is 4. The van der Waals surface area contributed by atoms with E-state index in [0.717, 1.165) is 16.0 Å². The molecule has 1 unspecified atom stereocenters. The average molecular weight is 293 g/mol. The first-order valence-electron chi connectivity index (χ1n) is 6.21. The number of primary amides is 1. The van der Waals surface area contributed by atoms with Crippen LogP contribution in [-0.2, 0) is 6.54 Å². The monoisotopic (exact) mass is 293 g/mol. The zero-order valence-corrected chi connectivity index (χ0v) is 12.1. The third-order valence-electron chi connectivity index (χ3n) is 2.95. The molecular weight excluding hydrogens is 277 g/mol. The molecule has 0 aliphatic rings. The largest absolute Gasteiger partial charge is 0.366 e. The molecule has 3 N–H and O–H groups in total. The number of nitrogens with zero attached hydrogens (tertiary/aromatic N) is 1. The molecule has 2 rings (SSSR count). The number of carbonyl (C=O) groups excluding carboxylic acids is 1. The predicted octanol–water partition coefficient (Wildman–Crippen LogP) is 2.54. The molecule has 0 saturated carbocycles. The van der Waals surface area contributed by atoms with Crippen LogP contribution in [0.2, 0.25) is 0 Å². The Morgan fingerprint density at radius 3 is 2.85 bits per heavy atom. The number of benzene rings is 1. The van der Waals surface area contributed by atoms with Crippen LogP contribution in [-0.4, -0.2) is 10.9 Å². The van der Waals surface area contributed by atoms with Crippen LogP contribution in [0.5, 0.6) is 0 Å². The van der Waals surface area contributed by atoms with E-state index in [0.29, 0.717) is 12.1 Å². The smallest absolute Gasteiger partial charge is 0.248 e. The van der Waals surface area contributed by atoms with Gasteiger partial charge in [0.1, 0.15) is 10.8 Å². The van der Waals surface area contributed by atoms with Gasteiger partial charge in [-0.3, -0.25) is 4.79 Å². The fraction of sp³-hybridized carbons (Fsp3) is 0.286. The van der Waals surface area contributed by atoms with E-state index in [4.69, 9.17) is 5.73 Å². The minimum Gasteiger partial charge on any atom is -0.366 e. The molecule has 1 heterocycles. The number of halogens is 1. The van der Waals surface area contributed by atoms with Crippen LogP contribution in [0.25, 0.3) is 0 Å². The predicted molar refractivity (Wildman–Crippen MR) is 77.0 cm³/mol. The van der Waals surface area contributed by atoms with E-state index in [1.165, 1.54) is 6.07 Å². The lowest BCUT2D eigenvalue weighted by atomic mass is 10.1. The summed E-state index contributed by atoms with van der Waals surface area (Å²) in [5.74, 6) is -1.06. The number of amides is 1. The van der Waals surface area contributed by atoms with Crippen molar-refractivity contribution in [1.82, 2.24) is 10.3 Å². The minimum atomic E-state index is -0.630. The van der Waals surface area contributed by atoms with Gasteiger partial charge in [-0.15, -0.1) is 11.3 Å².